The lowest BCUT2D eigenvalue weighted by Gasteiger charge is -2.12. The SMILES string of the molecule is CCNCc1ccc(C)c(C2=CCCCCC2)c1. The smallest absolute Gasteiger partial charge is 0.0205 e. The molecule has 0 radical (unpaired) electrons. The van der Waals surface area contributed by atoms with Gasteiger partial charge in [-0.2, -0.15) is 0 Å². The van der Waals surface area contributed by atoms with Gasteiger partial charge in [0.1, 0.15) is 0 Å². The van der Waals surface area contributed by atoms with E-state index in [1.807, 2.05) is 0 Å². The molecule has 0 saturated heterocycles. The molecule has 0 atom stereocenters. The predicted molar refractivity (Wildman–Crippen MR) is 79.6 cm³/mol. The Labute approximate surface area is 111 Å². The summed E-state index contributed by atoms with van der Waals surface area (Å²) >= 11 is 0. The van der Waals surface area contributed by atoms with Crippen LogP contribution in [0.3, 0.4) is 0 Å². The zero-order chi connectivity index (χ0) is 12.8. The molecule has 1 aliphatic carbocycles. The summed E-state index contributed by atoms with van der Waals surface area (Å²) in [4.78, 5) is 0. The molecule has 1 aliphatic rings. The topological polar surface area (TPSA) is 12.0 Å². The summed E-state index contributed by atoms with van der Waals surface area (Å²) in [6.07, 6.45) is 9.07. The second kappa shape index (κ2) is 6.75. The molecule has 1 N–H and O–H groups in total. The molecule has 0 aromatic heterocycles. The minimum absolute atomic E-state index is 0.983. The quantitative estimate of drug-likeness (QED) is 0.823. The van der Waals surface area contributed by atoms with E-state index >= 15 is 0 Å². The van der Waals surface area contributed by atoms with Crippen molar-refractivity contribution in [3.8, 4) is 0 Å². The molecule has 18 heavy (non-hydrogen) atoms. The van der Waals surface area contributed by atoms with Crippen LogP contribution in [0.15, 0.2) is 24.3 Å². The van der Waals surface area contributed by atoms with Crippen LogP contribution in [0.5, 0.6) is 0 Å². The Morgan fingerprint density at radius 3 is 2.89 bits per heavy atom. The van der Waals surface area contributed by atoms with Gasteiger partial charge in [0, 0.05) is 6.54 Å². The largest absolute Gasteiger partial charge is 0.313 e. The minimum Gasteiger partial charge on any atom is -0.313 e. The first-order chi connectivity index (χ1) is 8.81. The Hall–Kier alpha value is -1.08. The molecule has 2 rings (SSSR count). The normalized spacial score (nSPS) is 16.2. The van der Waals surface area contributed by atoms with E-state index in [0.29, 0.717) is 0 Å². The summed E-state index contributed by atoms with van der Waals surface area (Å²) in [5, 5.41) is 3.41. The fourth-order valence-corrected chi connectivity index (χ4v) is 2.65. The molecule has 0 saturated carbocycles. The second-order valence-electron chi connectivity index (χ2n) is 5.26. The molecule has 0 spiro atoms. The fourth-order valence-electron chi connectivity index (χ4n) is 2.65. The first kappa shape index (κ1) is 13.4. The molecule has 0 fully saturated rings. The Morgan fingerprint density at radius 1 is 1.17 bits per heavy atom. The highest BCUT2D eigenvalue weighted by Crippen LogP contribution is 2.28. The highest BCUT2D eigenvalue weighted by atomic mass is 14.8. The standard InChI is InChI=1S/C17H25N/c1-3-18-13-15-11-10-14(2)17(12-15)16-8-6-4-5-7-9-16/h8,10-12,18H,3-7,9,13H2,1-2H3. The fraction of sp³-hybridized carbons (Fsp3) is 0.529. The van der Waals surface area contributed by atoms with Gasteiger partial charge in [-0.1, -0.05) is 31.6 Å². The highest BCUT2D eigenvalue weighted by molar-refractivity contribution is 5.69. The third-order valence-corrected chi connectivity index (χ3v) is 3.77. The lowest BCUT2D eigenvalue weighted by molar-refractivity contribution is 0.719. The van der Waals surface area contributed by atoms with E-state index < -0.39 is 0 Å². The Kier molecular flexibility index (Phi) is 5.00. The molecule has 1 heteroatoms. The lowest BCUT2D eigenvalue weighted by atomic mass is 9.95. The zero-order valence-corrected chi connectivity index (χ0v) is 11.8. The van der Waals surface area contributed by atoms with Crippen LogP contribution < -0.4 is 5.32 Å². The summed E-state index contributed by atoms with van der Waals surface area (Å²) in [6.45, 7) is 6.41. The zero-order valence-electron chi connectivity index (χ0n) is 11.8. The molecule has 98 valence electrons. The maximum absolute atomic E-state index is 3.41. The van der Waals surface area contributed by atoms with E-state index in [1.54, 1.807) is 5.57 Å². The van der Waals surface area contributed by atoms with Crippen molar-refractivity contribution < 1.29 is 0 Å². The van der Waals surface area contributed by atoms with Crippen molar-refractivity contribution in [2.24, 2.45) is 0 Å². The van der Waals surface area contributed by atoms with Crippen LogP contribution in [0.4, 0.5) is 0 Å². The molecule has 1 nitrogen and oxygen atoms in total. The van der Waals surface area contributed by atoms with Crippen molar-refractivity contribution >= 4 is 5.57 Å². The van der Waals surface area contributed by atoms with Gasteiger partial charge in [0.05, 0.1) is 0 Å². The molecular formula is C17H25N. The Bertz CT molecular complexity index is 418. The van der Waals surface area contributed by atoms with Crippen molar-refractivity contribution in [3.63, 3.8) is 0 Å². The maximum atomic E-state index is 3.41. The van der Waals surface area contributed by atoms with E-state index in [-0.39, 0.29) is 0 Å². The van der Waals surface area contributed by atoms with Crippen LogP contribution in [0.1, 0.15) is 55.7 Å². The van der Waals surface area contributed by atoms with Crippen molar-refractivity contribution in [2.75, 3.05) is 6.54 Å². The molecule has 0 heterocycles. The van der Waals surface area contributed by atoms with E-state index in [2.05, 4.69) is 43.4 Å². The van der Waals surface area contributed by atoms with Gasteiger partial charge in [-0.05, 0) is 67.5 Å². The molecule has 0 unspecified atom stereocenters. The van der Waals surface area contributed by atoms with Gasteiger partial charge in [-0.3, -0.25) is 0 Å². The molecular weight excluding hydrogens is 218 g/mol. The van der Waals surface area contributed by atoms with Crippen molar-refractivity contribution in [1.82, 2.24) is 5.32 Å². The molecule has 1 aromatic rings. The number of hydrogen-bond donors (Lipinski definition) is 1. The first-order valence-electron chi connectivity index (χ1n) is 7.31. The number of hydrogen-bond acceptors (Lipinski definition) is 1. The van der Waals surface area contributed by atoms with E-state index in [9.17, 15) is 0 Å². The van der Waals surface area contributed by atoms with Crippen molar-refractivity contribution in [1.29, 1.82) is 0 Å². The summed E-state index contributed by atoms with van der Waals surface area (Å²) in [6, 6.07) is 6.90. The number of rotatable bonds is 4. The monoisotopic (exact) mass is 243 g/mol. The lowest BCUT2D eigenvalue weighted by Crippen LogP contribution is -2.11. The average Bonchev–Trinajstić information content (AvgIpc) is 2.66. The molecule has 0 aliphatic heterocycles. The van der Waals surface area contributed by atoms with Crippen LogP contribution in [0.2, 0.25) is 0 Å². The van der Waals surface area contributed by atoms with E-state index in [0.717, 1.165) is 13.1 Å². The van der Waals surface area contributed by atoms with Crippen LogP contribution in [0, 0.1) is 6.92 Å². The van der Waals surface area contributed by atoms with E-state index in [4.69, 9.17) is 0 Å². The number of aryl methyl sites for hydroxylation is 1. The van der Waals surface area contributed by atoms with Gasteiger partial charge >= 0.3 is 0 Å². The number of benzene rings is 1. The van der Waals surface area contributed by atoms with Crippen LogP contribution >= 0.6 is 0 Å². The summed E-state index contributed by atoms with van der Waals surface area (Å²) < 4.78 is 0. The molecule has 0 bridgehead atoms. The Balaban J connectivity index is 2.21. The van der Waals surface area contributed by atoms with E-state index in [1.165, 1.54) is 48.8 Å². The predicted octanol–water partition coefficient (Wildman–Crippen LogP) is 4.45. The number of nitrogens with one attached hydrogen (secondary N) is 1. The van der Waals surface area contributed by atoms with Crippen LogP contribution in [-0.4, -0.2) is 6.54 Å². The maximum Gasteiger partial charge on any atom is 0.0205 e. The van der Waals surface area contributed by atoms with Gasteiger partial charge in [-0.15, -0.1) is 0 Å². The van der Waals surface area contributed by atoms with Crippen LogP contribution in [-0.2, 0) is 6.54 Å². The third kappa shape index (κ3) is 3.46. The third-order valence-electron chi connectivity index (χ3n) is 3.77. The second-order valence-corrected chi connectivity index (χ2v) is 5.26. The summed E-state index contributed by atoms with van der Waals surface area (Å²) in [5.41, 5.74) is 5.88. The van der Waals surface area contributed by atoms with Crippen LogP contribution in [0.25, 0.3) is 5.57 Å². The molecule has 1 aromatic carbocycles. The van der Waals surface area contributed by atoms with Gasteiger partial charge in [0.25, 0.3) is 0 Å². The van der Waals surface area contributed by atoms with Gasteiger partial charge in [0.2, 0.25) is 0 Å². The van der Waals surface area contributed by atoms with Gasteiger partial charge < -0.3 is 5.32 Å². The summed E-state index contributed by atoms with van der Waals surface area (Å²) in [7, 11) is 0. The summed E-state index contributed by atoms with van der Waals surface area (Å²) in [5.74, 6) is 0. The van der Waals surface area contributed by atoms with Gasteiger partial charge in [-0.25, -0.2) is 0 Å². The molecule has 0 amide bonds. The Morgan fingerprint density at radius 2 is 2.06 bits per heavy atom. The highest BCUT2D eigenvalue weighted by Gasteiger charge is 2.08. The average molecular weight is 243 g/mol. The van der Waals surface area contributed by atoms with Gasteiger partial charge in [0.15, 0.2) is 0 Å². The minimum atomic E-state index is 0.983. The van der Waals surface area contributed by atoms with Crippen molar-refractivity contribution in [3.05, 3.63) is 41.0 Å². The van der Waals surface area contributed by atoms with Crippen molar-refractivity contribution in [2.45, 2.75) is 52.5 Å². The first-order valence-corrected chi connectivity index (χ1v) is 7.31. The number of allylic oxidation sites excluding steroid dienone is 2.